The van der Waals surface area contributed by atoms with Crippen LogP contribution >= 0.6 is 11.8 Å². The number of alkyl halides is 3. The van der Waals surface area contributed by atoms with Crippen LogP contribution in [0.4, 0.5) is 19.1 Å². The number of aromatic nitrogens is 2. The van der Waals surface area contributed by atoms with Gasteiger partial charge >= 0.3 is 6.18 Å². The molecule has 2 aliphatic heterocycles. The highest BCUT2D eigenvalue weighted by Crippen LogP contribution is 2.55. The number of carbonyl (C=O) groups is 1. The van der Waals surface area contributed by atoms with Gasteiger partial charge in [-0.25, -0.2) is 4.98 Å². The molecule has 0 radical (unpaired) electrons. The van der Waals surface area contributed by atoms with Gasteiger partial charge in [-0.05, 0) is 55.0 Å². The lowest BCUT2D eigenvalue weighted by Crippen LogP contribution is -2.50. The second kappa shape index (κ2) is 6.63. The van der Waals surface area contributed by atoms with Gasteiger partial charge in [-0.1, -0.05) is 13.0 Å². The van der Waals surface area contributed by atoms with Crippen LogP contribution in [0.3, 0.4) is 0 Å². The normalized spacial score (nSPS) is 25.5. The van der Waals surface area contributed by atoms with E-state index in [1.807, 2.05) is 13.8 Å². The quantitative estimate of drug-likeness (QED) is 0.521. The Morgan fingerprint density at radius 2 is 2.10 bits per heavy atom. The number of hydrogen-bond acceptors (Lipinski definition) is 5. The van der Waals surface area contributed by atoms with E-state index >= 15 is 0 Å². The molecule has 2 atom stereocenters. The Labute approximate surface area is 170 Å². The smallest absolute Gasteiger partial charge is 0.373 e. The fourth-order valence-corrected chi connectivity index (χ4v) is 5.12. The van der Waals surface area contributed by atoms with E-state index in [4.69, 9.17) is 4.74 Å². The Hall–Kier alpha value is -2.26. The molecule has 1 aliphatic carbocycles. The minimum absolute atomic E-state index is 0.0853. The third-order valence-electron chi connectivity index (χ3n) is 5.39. The molecule has 9 heteroatoms. The number of hydrogen-bond donors (Lipinski definition) is 0. The molecule has 0 fully saturated rings. The molecule has 0 amide bonds. The van der Waals surface area contributed by atoms with Gasteiger partial charge in [-0.15, -0.1) is 0 Å². The lowest BCUT2D eigenvalue weighted by molar-refractivity contribution is -0.110. The van der Waals surface area contributed by atoms with Crippen LogP contribution in [0.5, 0.6) is 0 Å². The third kappa shape index (κ3) is 2.74. The van der Waals surface area contributed by atoms with Gasteiger partial charge in [-0.2, -0.15) is 13.2 Å². The number of methoxy groups -OCH3 is 1. The number of thioether (sulfide) groups is 1. The standard InChI is InChI=1S/C20H20F3N3O2S/c1-5-15(27)29-14-10-24-18-25(14)17-12(3)16(28-4)11(2)9-19(17)8-6-7-13(26(18)19)20(21,22)23/h6-10,16H,5H2,1-4H3. The van der Waals surface area contributed by atoms with Gasteiger partial charge in [0.1, 0.15) is 22.4 Å². The average Bonchev–Trinajstić information content (AvgIpc) is 3.16. The highest BCUT2D eigenvalue weighted by molar-refractivity contribution is 8.13. The summed E-state index contributed by atoms with van der Waals surface area (Å²) in [6.07, 6.45) is 2.86. The van der Waals surface area contributed by atoms with Crippen molar-refractivity contribution in [2.75, 3.05) is 12.0 Å². The maximum atomic E-state index is 13.9. The molecule has 154 valence electrons. The molecule has 0 saturated carbocycles. The van der Waals surface area contributed by atoms with Gasteiger partial charge in [0.2, 0.25) is 5.95 Å². The van der Waals surface area contributed by atoms with Crippen molar-refractivity contribution in [1.82, 2.24) is 9.55 Å². The number of imidazole rings is 1. The lowest BCUT2D eigenvalue weighted by atomic mass is 9.79. The molecular weight excluding hydrogens is 403 g/mol. The Kier molecular flexibility index (Phi) is 4.58. The van der Waals surface area contributed by atoms with Crippen molar-refractivity contribution in [2.24, 2.45) is 0 Å². The van der Waals surface area contributed by atoms with Gasteiger partial charge in [0, 0.05) is 13.5 Å². The van der Waals surface area contributed by atoms with Crippen molar-refractivity contribution in [3.05, 3.63) is 47.3 Å². The summed E-state index contributed by atoms with van der Waals surface area (Å²) in [7, 11) is 1.57. The summed E-state index contributed by atoms with van der Waals surface area (Å²) in [5.41, 5.74) is 0.258. The van der Waals surface area contributed by atoms with Gasteiger partial charge < -0.3 is 4.74 Å². The maximum absolute atomic E-state index is 13.9. The van der Waals surface area contributed by atoms with Crippen LogP contribution in [0, 0.1) is 0 Å². The van der Waals surface area contributed by atoms with Crippen LogP contribution in [0.1, 0.15) is 27.2 Å². The summed E-state index contributed by atoms with van der Waals surface area (Å²) >= 11 is 0.988. The van der Waals surface area contributed by atoms with E-state index in [0.29, 0.717) is 17.1 Å². The number of carbonyl (C=O) groups excluding carboxylic acids is 1. The van der Waals surface area contributed by atoms with Gasteiger partial charge in [0.15, 0.2) is 5.12 Å². The molecule has 2 unspecified atom stereocenters. The van der Waals surface area contributed by atoms with E-state index in [1.54, 1.807) is 30.8 Å². The van der Waals surface area contributed by atoms with Crippen LogP contribution in [-0.4, -0.2) is 39.6 Å². The first kappa shape index (κ1) is 20.0. The highest BCUT2D eigenvalue weighted by atomic mass is 32.2. The number of fused-ring (bicyclic) bond motifs is 3. The van der Waals surface area contributed by atoms with Crippen LogP contribution in [0.2, 0.25) is 0 Å². The van der Waals surface area contributed by atoms with Gasteiger partial charge in [0.25, 0.3) is 0 Å². The second-order valence-corrected chi connectivity index (χ2v) is 8.24. The SMILES string of the molecule is CCC(=O)Sc1cnc2n1C1=C(C)C(OC)C(C)=CC13C=CC=C(C(F)(F)F)N23. The Balaban J connectivity index is 2.01. The first-order valence-electron chi connectivity index (χ1n) is 9.14. The van der Waals surface area contributed by atoms with Gasteiger partial charge in [-0.3, -0.25) is 14.3 Å². The number of ether oxygens (including phenoxy) is 1. The molecule has 5 nitrogen and oxygen atoms in total. The molecule has 3 aliphatic rings. The molecule has 3 heterocycles. The molecule has 4 rings (SSSR count). The van der Waals surface area contributed by atoms with Crippen LogP contribution < -0.4 is 4.90 Å². The number of nitrogens with zero attached hydrogens (tertiary/aromatic N) is 3. The number of allylic oxidation sites excluding steroid dienone is 3. The summed E-state index contributed by atoms with van der Waals surface area (Å²) in [5.74, 6) is 0.138. The molecule has 0 bridgehead atoms. The average molecular weight is 423 g/mol. The largest absolute Gasteiger partial charge is 0.431 e. The lowest BCUT2D eigenvalue weighted by Gasteiger charge is -2.42. The van der Waals surface area contributed by atoms with E-state index in [9.17, 15) is 18.0 Å². The predicted octanol–water partition coefficient (Wildman–Crippen LogP) is 4.69. The zero-order valence-corrected chi connectivity index (χ0v) is 17.2. The zero-order valence-electron chi connectivity index (χ0n) is 16.4. The van der Waals surface area contributed by atoms with Crippen molar-refractivity contribution in [3.63, 3.8) is 0 Å². The number of anilines is 1. The minimum Gasteiger partial charge on any atom is -0.373 e. The Morgan fingerprint density at radius 1 is 1.38 bits per heavy atom. The van der Waals surface area contributed by atoms with Gasteiger partial charge in [0.05, 0.1) is 11.9 Å². The number of halogens is 3. The first-order chi connectivity index (χ1) is 13.7. The fraction of sp³-hybridized carbons (Fsp3) is 0.400. The molecular formula is C20H20F3N3O2S. The van der Waals surface area contributed by atoms with E-state index in [1.165, 1.54) is 17.2 Å². The molecule has 1 spiro atoms. The summed E-state index contributed by atoms with van der Waals surface area (Å²) in [6.45, 7) is 5.44. The van der Waals surface area contributed by atoms with E-state index in [-0.39, 0.29) is 17.2 Å². The van der Waals surface area contributed by atoms with E-state index in [0.717, 1.165) is 29.0 Å². The maximum Gasteiger partial charge on any atom is 0.431 e. The molecule has 1 aromatic heterocycles. The minimum atomic E-state index is -4.57. The molecule has 1 aromatic rings. The fourth-order valence-electron chi connectivity index (χ4n) is 4.37. The third-order valence-corrected chi connectivity index (χ3v) is 6.40. The monoisotopic (exact) mass is 423 g/mol. The number of rotatable bonds is 3. The topological polar surface area (TPSA) is 47.4 Å². The van der Waals surface area contributed by atoms with Crippen LogP contribution in [-0.2, 0) is 9.53 Å². The summed E-state index contributed by atoms with van der Waals surface area (Å²) < 4.78 is 49.1. The Bertz CT molecular complexity index is 1020. The summed E-state index contributed by atoms with van der Waals surface area (Å²) in [4.78, 5) is 17.6. The second-order valence-electron chi connectivity index (χ2n) is 7.16. The van der Waals surface area contributed by atoms with Crippen molar-refractivity contribution < 1.29 is 22.7 Å². The Morgan fingerprint density at radius 3 is 2.72 bits per heavy atom. The summed E-state index contributed by atoms with van der Waals surface area (Å²) in [5, 5.41) is 0.408. The van der Waals surface area contributed by atoms with Crippen molar-refractivity contribution in [2.45, 2.75) is 50.0 Å². The molecule has 0 N–H and O–H groups in total. The van der Waals surface area contributed by atoms with Crippen molar-refractivity contribution >= 4 is 28.5 Å². The van der Waals surface area contributed by atoms with Crippen LogP contribution in [0.25, 0.3) is 5.70 Å². The van der Waals surface area contributed by atoms with E-state index in [2.05, 4.69) is 4.98 Å². The van der Waals surface area contributed by atoms with Crippen molar-refractivity contribution in [3.8, 4) is 0 Å². The van der Waals surface area contributed by atoms with Crippen LogP contribution in [0.15, 0.2) is 52.4 Å². The highest BCUT2D eigenvalue weighted by Gasteiger charge is 2.57. The molecule has 0 saturated heterocycles. The predicted molar refractivity (Wildman–Crippen MR) is 105 cm³/mol. The van der Waals surface area contributed by atoms with Crippen molar-refractivity contribution in [1.29, 1.82) is 0 Å². The summed E-state index contributed by atoms with van der Waals surface area (Å²) in [6, 6.07) is 0. The molecule has 0 aromatic carbocycles. The molecule has 29 heavy (non-hydrogen) atoms. The first-order valence-corrected chi connectivity index (χ1v) is 9.96. The van der Waals surface area contributed by atoms with E-state index < -0.39 is 17.4 Å². The zero-order chi connectivity index (χ0) is 21.1.